The van der Waals surface area contributed by atoms with E-state index in [4.69, 9.17) is 4.74 Å². The van der Waals surface area contributed by atoms with Crippen molar-refractivity contribution in [3.63, 3.8) is 0 Å². The lowest BCUT2D eigenvalue weighted by molar-refractivity contribution is -0.157. The minimum atomic E-state index is -4.44. The van der Waals surface area contributed by atoms with Crippen LogP contribution in [0.2, 0.25) is 0 Å². The van der Waals surface area contributed by atoms with E-state index in [1.54, 1.807) is 42.2 Å². The summed E-state index contributed by atoms with van der Waals surface area (Å²) in [5.74, 6) is -2.14. The summed E-state index contributed by atoms with van der Waals surface area (Å²) >= 11 is 0. The summed E-state index contributed by atoms with van der Waals surface area (Å²) in [4.78, 5) is 51.8. The van der Waals surface area contributed by atoms with Gasteiger partial charge in [0.2, 0.25) is 5.91 Å². The van der Waals surface area contributed by atoms with Gasteiger partial charge in [0.05, 0.1) is 29.5 Å². The molecule has 6 rings (SSSR count). The largest absolute Gasteiger partial charge is 0.465 e. The van der Waals surface area contributed by atoms with Crippen LogP contribution in [0.3, 0.4) is 0 Å². The number of carbonyl (C=O) groups is 2. The number of alkyl halides is 3. The third kappa shape index (κ3) is 8.99. The molecule has 1 aliphatic rings. The predicted molar refractivity (Wildman–Crippen MR) is 203 cm³/mol. The molecule has 0 radical (unpaired) electrons. The Balaban J connectivity index is 1.24. The molecule has 1 saturated heterocycles. The number of fused-ring (bicyclic) bond motifs is 1. The number of amides is 1. The molecule has 0 atom stereocenters. The molecule has 8 nitrogen and oxygen atoms in total. The summed E-state index contributed by atoms with van der Waals surface area (Å²) in [7, 11) is 0. The number of aromatic nitrogens is 2. The molecule has 56 heavy (non-hydrogen) atoms. The van der Waals surface area contributed by atoms with Crippen molar-refractivity contribution in [3.05, 3.63) is 135 Å². The van der Waals surface area contributed by atoms with E-state index in [1.165, 1.54) is 24.3 Å². The maximum absolute atomic E-state index is 14.4. The number of ether oxygens (including phenoxy) is 1. The molecular formula is C43H43F5N4O4. The van der Waals surface area contributed by atoms with Gasteiger partial charge in [-0.05, 0) is 92.1 Å². The Labute approximate surface area is 321 Å². The van der Waals surface area contributed by atoms with Crippen LogP contribution in [0.1, 0.15) is 61.7 Å². The van der Waals surface area contributed by atoms with Crippen LogP contribution in [-0.4, -0.2) is 62.9 Å². The van der Waals surface area contributed by atoms with Gasteiger partial charge in [0.25, 0.3) is 5.56 Å². The van der Waals surface area contributed by atoms with Crippen LogP contribution in [0, 0.1) is 11.6 Å². The molecule has 5 aromatic rings. The number of esters is 1. The normalized spacial score (nSPS) is 14.2. The second-order valence-corrected chi connectivity index (χ2v) is 14.5. The number of nitrogens with one attached hydrogen (secondary N) is 1. The maximum atomic E-state index is 14.4. The van der Waals surface area contributed by atoms with Gasteiger partial charge in [-0.2, -0.15) is 13.2 Å². The molecule has 1 amide bonds. The molecule has 1 aliphatic heterocycles. The fourth-order valence-corrected chi connectivity index (χ4v) is 7.28. The van der Waals surface area contributed by atoms with Gasteiger partial charge in [0, 0.05) is 32.1 Å². The van der Waals surface area contributed by atoms with E-state index in [-0.39, 0.29) is 61.3 Å². The first-order valence-corrected chi connectivity index (χ1v) is 18.6. The number of hydrogen-bond acceptors (Lipinski definition) is 6. The zero-order chi connectivity index (χ0) is 40.2. The van der Waals surface area contributed by atoms with Crippen molar-refractivity contribution in [3.8, 4) is 11.1 Å². The van der Waals surface area contributed by atoms with E-state index in [9.17, 15) is 36.3 Å². The highest BCUT2D eigenvalue weighted by molar-refractivity contribution is 5.88. The van der Waals surface area contributed by atoms with Crippen molar-refractivity contribution in [1.29, 1.82) is 0 Å². The molecule has 0 spiro atoms. The van der Waals surface area contributed by atoms with Gasteiger partial charge < -0.3 is 14.6 Å². The summed E-state index contributed by atoms with van der Waals surface area (Å²) in [6.45, 7) is 6.98. The van der Waals surface area contributed by atoms with Crippen LogP contribution in [0.4, 0.5) is 22.0 Å². The van der Waals surface area contributed by atoms with Crippen molar-refractivity contribution >= 4 is 22.8 Å². The zero-order valence-corrected chi connectivity index (χ0v) is 31.4. The number of aromatic amines is 1. The molecule has 4 aromatic carbocycles. The average molecular weight is 775 g/mol. The molecule has 0 bridgehead atoms. The standard InChI is InChI=1S/C43H43F5N4O4/c1-4-56-41(55)42(2,3)51-23-21-33(22-24-51)52(26-27-11-13-28(14-12-27)29-15-18-32(19-16-29)43(46,47)48)37(53)25-31-8-6-10-35-38(31)40(54)50-36(49-35)20-17-30-7-5-9-34(44)39(30)45/h5-16,18-19,33H,4,17,20-26H2,1-3H3,(H,49,50,54). The first-order valence-electron chi connectivity index (χ1n) is 18.6. The lowest BCUT2D eigenvalue weighted by Crippen LogP contribution is -2.56. The van der Waals surface area contributed by atoms with Gasteiger partial charge in [-0.25, -0.2) is 13.8 Å². The molecular weight excluding hydrogens is 731 g/mol. The van der Waals surface area contributed by atoms with Gasteiger partial charge in [-0.1, -0.05) is 60.7 Å². The number of hydrogen-bond donors (Lipinski definition) is 1. The molecule has 1 fully saturated rings. The zero-order valence-electron chi connectivity index (χ0n) is 31.4. The Morgan fingerprint density at radius 3 is 2.14 bits per heavy atom. The maximum Gasteiger partial charge on any atom is 0.416 e. The molecule has 0 saturated carbocycles. The first-order chi connectivity index (χ1) is 26.6. The molecule has 1 aromatic heterocycles. The van der Waals surface area contributed by atoms with Crippen LogP contribution in [0.5, 0.6) is 0 Å². The number of benzene rings is 4. The monoisotopic (exact) mass is 774 g/mol. The molecule has 2 heterocycles. The number of rotatable bonds is 12. The number of piperidine rings is 1. The van der Waals surface area contributed by atoms with Crippen LogP contribution in [0.15, 0.2) is 89.7 Å². The number of aryl methyl sites for hydroxylation is 2. The fourth-order valence-electron chi connectivity index (χ4n) is 7.28. The van der Waals surface area contributed by atoms with E-state index >= 15 is 0 Å². The SMILES string of the molecule is CCOC(=O)C(C)(C)N1CCC(N(Cc2ccc(-c3ccc(C(F)(F)F)cc3)cc2)C(=O)Cc2cccc3nc(CCc4cccc(F)c4F)[nH]c(=O)c23)CC1. The number of carbonyl (C=O) groups excluding carboxylic acids is 2. The second-order valence-electron chi connectivity index (χ2n) is 14.5. The predicted octanol–water partition coefficient (Wildman–Crippen LogP) is 8.05. The summed E-state index contributed by atoms with van der Waals surface area (Å²) in [5, 5.41) is 0.258. The smallest absolute Gasteiger partial charge is 0.416 e. The highest BCUT2D eigenvalue weighted by Gasteiger charge is 2.39. The van der Waals surface area contributed by atoms with Crippen molar-refractivity contribution < 1.29 is 36.3 Å². The number of H-pyrrole nitrogens is 1. The van der Waals surface area contributed by atoms with Gasteiger partial charge in [-0.15, -0.1) is 0 Å². The molecule has 0 aliphatic carbocycles. The van der Waals surface area contributed by atoms with Crippen molar-refractivity contribution in [2.75, 3.05) is 19.7 Å². The lowest BCUT2D eigenvalue weighted by atomic mass is 9.94. The minimum Gasteiger partial charge on any atom is -0.465 e. The summed E-state index contributed by atoms with van der Waals surface area (Å²) in [6, 6.07) is 21.1. The van der Waals surface area contributed by atoms with E-state index in [1.807, 2.05) is 26.0 Å². The van der Waals surface area contributed by atoms with Gasteiger partial charge in [0.1, 0.15) is 11.4 Å². The van der Waals surface area contributed by atoms with Gasteiger partial charge >= 0.3 is 12.1 Å². The minimum absolute atomic E-state index is 0.103. The molecule has 294 valence electrons. The lowest BCUT2D eigenvalue weighted by Gasteiger charge is -2.44. The first kappa shape index (κ1) is 40.2. The van der Waals surface area contributed by atoms with Crippen molar-refractivity contribution in [2.45, 2.75) is 77.2 Å². The Bertz CT molecular complexity index is 2250. The van der Waals surface area contributed by atoms with E-state index in [0.29, 0.717) is 48.4 Å². The van der Waals surface area contributed by atoms with Gasteiger partial charge in [-0.3, -0.25) is 19.3 Å². The summed E-state index contributed by atoms with van der Waals surface area (Å²) < 4.78 is 72.7. The second kappa shape index (κ2) is 16.7. The average Bonchev–Trinajstić information content (AvgIpc) is 3.17. The Morgan fingerprint density at radius 1 is 0.875 bits per heavy atom. The fraction of sp³-hybridized carbons (Fsp3) is 0.349. The van der Waals surface area contributed by atoms with Crippen LogP contribution in [-0.2, 0) is 46.3 Å². The Morgan fingerprint density at radius 2 is 1.50 bits per heavy atom. The van der Waals surface area contributed by atoms with Crippen LogP contribution >= 0.6 is 0 Å². The van der Waals surface area contributed by atoms with Crippen LogP contribution < -0.4 is 5.56 Å². The Hall–Kier alpha value is -5.43. The van der Waals surface area contributed by atoms with Gasteiger partial charge in [0.15, 0.2) is 11.6 Å². The highest BCUT2D eigenvalue weighted by atomic mass is 19.4. The third-order valence-corrected chi connectivity index (χ3v) is 10.5. The third-order valence-electron chi connectivity index (χ3n) is 10.5. The molecule has 13 heteroatoms. The number of nitrogens with zero attached hydrogens (tertiary/aromatic N) is 3. The quantitative estimate of drug-likeness (QED) is 0.102. The highest BCUT2D eigenvalue weighted by Crippen LogP contribution is 2.32. The topological polar surface area (TPSA) is 95.6 Å². The van der Waals surface area contributed by atoms with Crippen molar-refractivity contribution in [2.24, 2.45) is 0 Å². The summed E-state index contributed by atoms with van der Waals surface area (Å²) in [6.07, 6.45) is -3.11. The van der Waals surface area contributed by atoms with E-state index in [2.05, 4.69) is 14.9 Å². The number of halogens is 5. The molecule has 1 N–H and O–H groups in total. The molecule has 0 unspecified atom stereocenters. The summed E-state index contributed by atoms with van der Waals surface area (Å²) in [5.41, 5.74) is 1.12. The number of likely N-dealkylation sites (tertiary alicyclic amines) is 1. The van der Waals surface area contributed by atoms with E-state index in [0.717, 1.165) is 29.3 Å². The van der Waals surface area contributed by atoms with Crippen LogP contribution in [0.25, 0.3) is 22.0 Å². The van der Waals surface area contributed by atoms with Crippen molar-refractivity contribution in [1.82, 2.24) is 19.8 Å². The Kier molecular flexibility index (Phi) is 12.0. The van der Waals surface area contributed by atoms with E-state index < -0.39 is 34.5 Å².